The van der Waals surface area contributed by atoms with E-state index in [9.17, 15) is 26.3 Å². The summed E-state index contributed by atoms with van der Waals surface area (Å²) in [6.07, 6.45) is -5.85. The smallest absolute Gasteiger partial charge is 0.314 e. The summed E-state index contributed by atoms with van der Waals surface area (Å²) in [5.41, 5.74) is -0.465. The molecule has 1 atom stereocenters. The van der Waals surface area contributed by atoms with Crippen LogP contribution in [0, 0.1) is 17.5 Å². The number of halogens is 6. The van der Waals surface area contributed by atoms with Gasteiger partial charge in [-0.05, 0) is 6.07 Å². The highest BCUT2D eigenvalue weighted by Gasteiger charge is 2.37. The normalized spacial score (nSPS) is 18.8. The molecule has 0 bridgehead atoms. The van der Waals surface area contributed by atoms with Crippen molar-refractivity contribution in [3.05, 3.63) is 35.1 Å². The maximum absolute atomic E-state index is 13.8. The number of hydrogen-bond acceptors (Lipinski definition) is 2. The Balaban J connectivity index is 2.36. The second-order valence-electron chi connectivity index (χ2n) is 4.91. The van der Waals surface area contributed by atoms with Crippen LogP contribution >= 0.6 is 0 Å². The van der Waals surface area contributed by atoms with Crippen LogP contribution in [0.3, 0.4) is 0 Å². The third-order valence-electron chi connectivity index (χ3n) is 3.42. The zero-order chi connectivity index (χ0) is 15.6. The van der Waals surface area contributed by atoms with Crippen LogP contribution in [0.1, 0.15) is 18.0 Å². The minimum absolute atomic E-state index is 0.277. The summed E-state index contributed by atoms with van der Waals surface area (Å²) in [7, 11) is 0. The van der Waals surface area contributed by atoms with Crippen LogP contribution in [0.2, 0.25) is 0 Å². The Morgan fingerprint density at radius 2 is 1.57 bits per heavy atom. The first-order valence-corrected chi connectivity index (χ1v) is 6.44. The molecule has 0 radical (unpaired) electrons. The molecule has 0 unspecified atom stereocenters. The summed E-state index contributed by atoms with van der Waals surface area (Å²) in [6, 6.07) is -0.554. The molecule has 1 aliphatic heterocycles. The van der Waals surface area contributed by atoms with E-state index in [0.717, 1.165) is 0 Å². The van der Waals surface area contributed by atoms with Crippen molar-refractivity contribution in [2.24, 2.45) is 0 Å². The molecular weight excluding hydrogens is 298 g/mol. The van der Waals surface area contributed by atoms with Crippen LogP contribution in [-0.2, 0) is 0 Å². The first-order valence-electron chi connectivity index (χ1n) is 6.44. The van der Waals surface area contributed by atoms with E-state index in [1.807, 2.05) is 0 Å². The molecule has 2 rings (SSSR count). The van der Waals surface area contributed by atoms with Gasteiger partial charge in [0.2, 0.25) is 0 Å². The minimum Gasteiger partial charge on any atom is -0.314 e. The van der Waals surface area contributed by atoms with Gasteiger partial charge < -0.3 is 5.32 Å². The van der Waals surface area contributed by atoms with Crippen molar-refractivity contribution in [2.45, 2.75) is 18.6 Å². The van der Waals surface area contributed by atoms with Gasteiger partial charge in [-0.2, -0.15) is 13.2 Å². The van der Waals surface area contributed by atoms with Crippen LogP contribution < -0.4 is 5.32 Å². The molecule has 0 aliphatic carbocycles. The molecule has 1 saturated heterocycles. The number of rotatable bonds is 3. The Morgan fingerprint density at radius 3 is 2.14 bits per heavy atom. The molecule has 1 aromatic rings. The average Bonchev–Trinajstić information content (AvgIpc) is 2.40. The van der Waals surface area contributed by atoms with Crippen molar-refractivity contribution in [2.75, 3.05) is 26.2 Å². The largest absolute Gasteiger partial charge is 0.390 e. The number of hydrogen-bond donors (Lipinski definition) is 1. The van der Waals surface area contributed by atoms with Crippen LogP contribution in [0.25, 0.3) is 0 Å². The second-order valence-corrected chi connectivity index (χ2v) is 4.91. The van der Waals surface area contributed by atoms with Crippen LogP contribution in [0.15, 0.2) is 12.1 Å². The zero-order valence-corrected chi connectivity index (χ0v) is 11.0. The number of piperazine rings is 1. The Kier molecular flexibility index (Phi) is 4.77. The monoisotopic (exact) mass is 312 g/mol. The van der Waals surface area contributed by atoms with Gasteiger partial charge >= 0.3 is 6.18 Å². The molecular formula is C13H14F6N2. The molecule has 118 valence electrons. The fraction of sp³-hybridized carbons (Fsp3) is 0.538. The Hall–Kier alpha value is -1.28. The quantitative estimate of drug-likeness (QED) is 0.682. The van der Waals surface area contributed by atoms with E-state index in [2.05, 4.69) is 5.32 Å². The van der Waals surface area contributed by atoms with E-state index >= 15 is 0 Å². The topological polar surface area (TPSA) is 15.3 Å². The standard InChI is InChI=1S/C13H14F6N2/c14-9-6-11(16)10(15)5-8(9)12(7-13(17,18)19)21-3-1-20-2-4-21/h5-6,12,20H,1-4,7H2/t12-/m1/s1. The molecule has 0 spiro atoms. The lowest BCUT2D eigenvalue weighted by Crippen LogP contribution is -2.46. The maximum Gasteiger partial charge on any atom is 0.390 e. The summed E-state index contributed by atoms with van der Waals surface area (Å²) in [5, 5.41) is 2.97. The summed E-state index contributed by atoms with van der Waals surface area (Å²) in [6.45, 7) is 1.47. The van der Waals surface area contributed by atoms with E-state index in [-0.39, 0.29) is 19.2 Å². The molecule has 0 saturated carbocycles. The van der Waals surface area contributed by atoms with E-state index in [1.165, 1.54) is 4.90 Å². The van der Waals surface area contributed by atoms with E-state index in [1.54, 1.807) is 0 Å². The minimum atomic E-state index is -4.53. The van der Waals surface area contributed by atoms with Crippen LogP contribution in [0.5, 0.6) is 0 Å². The number of alkyl halides is 3. The fourth-order valence-electron chi connectivity index (χ4n) is 2.44. The predicted molar refractivity (Wildman–Crippen MR) is 64.2 cm³/mol. The molecule has 8 heteroatoms. The first kappa shape index (κ1) is 16.1. The van der Waals surface area contributed by atoms with Crippen molar-refractivity contribution in [1.29, 1.82) is 0 Å². The summed E-state index contributed by atoms with van der Waals surface area (Å²) in [4.78, 5) is 1.43. The van der Waals surface area contributed by atoms with Gasteiger partial charge in [0.1, 0.15) is 5.82 Å². The SMILES string of the molecule is Fc1cc(F)c([C@@H](CC(F)(F)F)N2CCNCC2)cc1F. The fourth-order valence-corrected chi connectivity index (χ4v) is 2.44. The molecule has 1 heterocycles. The van der Waals surface area contributed by atoms with Crippen molar-refractivity contribution < 1.29 is 26.3 Å². The lowest BCUT2D eigenvalue weighted by Gasteiger charge is -2.35. The first-order chi connectivity index (χ1) is 9.78. The molecule has 21 heavy (non-hydrogen) atoms. The molecule has 1 N–H and O–H groups in total. The summed E-state index contributed by atoms with van der Waals surface area (Å²) in [5.74, 6) is -3.93. The average molecular weight is 312 g/mol. The molecule has 1 aliphatic rings. The Labute approximate surface area is 117 Å². The summed E-state index contributed by atoms with van der Waals surface area (Å²) < 4.78 is 78.2. The van der Waals surface area contributed by atoms with E-state index in [0.29, 0.717) is 19.2 Å². The van der Waals surface area contributed by atoms with Gasteiger partial charge in [0.15, 0.2) is 11.6 Å². The Bertz CT molecular complexity index is 496. The lowest BCUT2D eigenvalue weighted by molar-refractivity contribution is -0.149. The molecule has 1 fully saturated rings. The van der Waals surface area contributed by atoms with Gasteiger partial charge in [-0.15, -0.1) is 0 Å². The number of benzene rings is 1. The van der Waals surface area contributed by atoms with Gasteiger partial charge in [0, 0.05) is 43.9 Å². The second kappa shape index (κ2) is 6.23. The highest BCUT2D eigenvalue weighted by molar-refractivity contribution is 5.24. The van der Waals surface area contributed by atoms with Gasteiger partial charge in [0.25, 0.3) is 0 Å². The third-order valence-corrected chi connectivity index (χ3v) is 3.42. The van der Waals surface area contributed by atoms with Crippen molar-refractivity contribution >= 4 is 0 Å². The highest BCUT2D eigenvalue weighted by Crippen LogP contribution is 2.35. The highest BCUT2D eigenvalue weighted by atomic mass is 19.4. The molecule has 2 nitrogen and oxygen atoms in total. The third kappa shape index (κ3) is 4.10. The lowest BCUT2D eigenvalue weighted by atomic mass is 10.00. The van der Waals surface area contributed by atoms with Crippen molar-refractivity contribution in [3.8, 4) is 0 Å². The van der Waals surface area contributed by atoms with Crippen LogP contribution in [-0.4, -0.2) is 37.3 Å². The summed E-state index contributed by atoms with van der Waals surface area (Å²) >= 11 is 0. The van der Waals surface area contributed by atoms with Gasteiger partial charge in [-0.1, -0.05) is 0 Å². The van der Waals surface area contributed by atoms with Crippen LogP contribution in [0.4, 0.5) is 26.3 Å². The molecule has 0 aromatic heterocycles. The van der Waals surface area contributed by atoms with E-state index in [4.69, 9.17) is 0 Å². The molecule has 0 amide bonds. The predicted octanol–water partition coefficient (Wildman–Crippen LogP) is 3.00. The Morgan fingerprint density at radius 1 is 1.00 bits per heavy atom. The zero-order valence-electron chi connectivity index (χ0n) is 11.0. The van der Waals surface area contributed by atoms with Crippen molar-refractivity contribution in [3.63, 3.8) is 0 Å². The maximum atomic E-state index is 13.8. The van der Waals surface area contributed by atoms with Gasteiger partial charge in [0.05, 0.1) is 6.42 Å². The number of nitrogens with one attached hydrogen (secondary N) is 1. The number of nitrogens with zero attached hydrogens (tertiary/aromatic N) is 1. The van der Waals surface area contributed by atoms with Gasteiger partial charge in [-0.3, -0.25) is 4.90 Å². The van der Waals surface area contributed by atoms with E-state index < -0.39 is 41.7 Å². The van der Waals surface area contributed by atoms with Gasteiger partial charge in [-0.25, -0.2) is 13.2 Å². The van der Waals surface area contributed by atoms with Crippen molar-refractivity contribution in [1.82, 2.24) is 10.2 Å². The molecule has 1 aromatic carbocycles.